The van der Waals surface area contributed by atoms with Crippen molar-refractivity contribution in [2.45, 2.75) is 45.2 Å². The van der Waals surface area contributed by atoms with E-state index in [4.69, 9.17) is 4.74 Å². The van der Waals surface area contributed by atoms with Crippen LogP contribution >= 0.6 is 0 Å². The minimum Gasteiger partial charge on any atom is -0.493 e. The predicted octanol–water partition coefficient (Wildman–Crippen LogP) is 3.75. The Hall–Kier alpha value is -2.64. The van der Waals surface area contributed by atoms with Gasteiger partial charge in [-0.15, -0.1) is 0 Å². The van der Waals surface area contributed by atoms with Crippen LogP contribution in [0.3, 0.4) is 0 Å². The minimum absolute atomic E-state index is 0.103. The number of aryl methyl sites for hydroxylation is 1. The fourth-order valence-corrected chi connectivity index (χ4v) is 3.31. The number of alkyl halides is 3. The number of carbonyl (C=O) groups is 1. The largest absolute Gasteiger partial charge is 0.493 e. The summed E-state index contributed by atoms with van der Waals surface area (Å²) in [5.74, 6) is 0.219. The molecule has 1 heterocycles. The first-order chi connectivity index (χ1) is 13.4. The standard InChI is InChI=1S/C20H22F3N3O2/c1-2-28-16-10-6-4-8-14(16)19(27)24-12-11-17-25-15-9-5-3-7-13(15)18(26-17)20(21,22)23/h4,6,8,10H,2-3,5,7,9,11-12H2,1H3,(H,24,27). The van der Waals surface area contributed by atoms with Crippen LogP contribution in [0, 0.1) is 0 Å². The van der Waals surface area contributed by atoms with Gasteiger partial charge >= 0.3 is 6.18 Å². The molecule has 2 aromatic rings. The summed E-state index contributed by atoms with van der Waals surface area (Å²) in [7, 11) is 0. The molecule has 1 N–H and O–H groups in total. The number of rotatable bonds is 6. The lowest BCUT2D eigenvalue weighted by atomic mass is 9.94. The van der Waals surface area contributed by atoms with Crippen LogP contribution in [0.4, 0.5) is 13.2 Å². The second kappa shape index (κ2) is 8.58. The summed E-state index contributed by atoms with van der Waals surface area (Å²) >= 11 is 0. The Bertz CT molecular complexity index is 853. The lowest BCUT2D eigenvalue weighted by molar-refractivity contribution is -0.142. The summed E-state index contributed by atoms with van der Waals surface area (Å²) in [5.41, 5.74) is 0.251. The third-order valence-electron chi connectivity index (χ3n) is 4.56. The van der Waals surface area contributed by atoms with Crippen molar-refractivity contribution in [3.8, 4) is 5.75 Å². The number of nitrogens with one attached hydrogen (secondary N) is 1. The number of halogens is 3. The molecule has 1 amide bonds. The van der Waals surface area contributed by atoms with E-state index in [0.29, 0.717) is 42.9 Å². The maximum Gasteiger partial charge on any atom is 0.433 e. The summed E-state index contributed by atoms with van der Waals surface area (Å²) in [4.78, 5) is 20.5. The highest BCUT2D eigenvalue weighted by atomic mass is 19.4. The number of hydrogen-bond donors (Lipinski definition) is 1. The molecule has 0 spiro atoms. The van der Waals surface area contributed by atoms with Gasteiger partial charge in [0.1, 0.15) is 11.6 Å². The van der Waals surface area contributed by atoms with Crippen molar-refractivity contribution >= 4 is 5.91 Å². The molecule has 0 saturated heterocycles. The Morgan fingerprint density at radius 2 is 1.93 bits per heavy atom. The Labute approximate surface area is 161 Å². The van der Waals surface area contributed by atoms with Gasteiger partial charge in [0.15, 0.2) is 5.69 Å². The number of carbonyl (C=O) groups excluding carboxylic acids is 1. The zero-order valence-electron chi connectivity index (χ0n) is 15.6. The van der Waals surface area contributed by atoms with Crippen LogP contribution in [0.25, 0.3) is 0 Å². The normalized spacial score (nSPS) is 13.7. The van der Waals surface area contributed by atoms with Crippen molar-refractivity contribution in [1.29, 1.82) is 0 Å². The molecule has 1 aromatic heterocycles. The predicted molar refractivity (Wildman–Crippen MR) is 97.3 cm³/mol. The van der Waals surface area contributed by atoms with Gasteiger partial charge in [0.25, 0.3) is 5.91 Å². The number of fused-ring (bicyclic) bond motifs is 1. The first kappa shape index (κ1) is 20.1. The van der Waals surface area contributed by atoms with Crippen LogP contribution in [-0.4, -0.2) is 29.0 Å². The van der Waals surface area contributed by atoms with Crippen molar-refractivity contribution in [2.24, 2.45) is 0 Å². The summed E-state index contributed by atoms with van der Waals surface area (Å²) in [6.07, 6.45) is -1.95. The lowest BCUT2D eigenvalue weighted by Gasteiger charge is -2.20. The molecule has 0 radical (unpaired) electrons. The Balaban J connectivity index is 1.71. The Morgan fingerprint density at radius 1 is 1.18 bits per heavy atom. The van der Waals surface area contributed by atoms with Gasteiger partial charge < -0.3 is 10.1 Å². The number of amides is 1. The van der Waals surface area contributed by atoms with Crippen LogP contribution in [0.5, 0.6) is 5.75 Å². The zero-order valence-corrected chi connectivity index (χ0v) is 15.6. The summed E-state index contributed by atoms with van der Waals surface area (Å²) in [6.45, 7) is 2.38. The molecular weight excluding hydrogens is 371 g/mol. The average molecular weight is 393 g/mol. The number of benzene rings is 1. The van der Waals surface area contributed by atoms with Crippen LogP contribution < -0.4 is 10.1 Å². The van der Waals surface area contributed by atoms with Crippen LogP contribution in [0.2, 0.25) is 0 Å². The number of para-hydroxylation sites is 1. The number of nitrogens with zero attached hydrogens (tertiary/aromatic N) is 2. The molecule has 3 rings (SSSR count). The topological polar surface area (TPSA) is 64.1 Å². The first-order valence-corrected chi connectivity index (χ1v) is 9.36. The van der Waals surface area contributed by atoms with Crippen LogP contribution in [-0.2, 0) is 25.4 Å². The van der Waals surface area contributed by atoms with E-state index in [-0.39, 0.29) is 30.3 Å². The van der Waals surface area contributed by atoms with Gasteiger partial charge in [0, 0.05) is 24.2 Å². The highest BCUT2D eigenvalue weighted by molar-refractivity contribution is 5.96. The van der Waals surface area contributed by atoms with Crippen molar-refractivity contribution in [2.75, 3.05) is 13.2 Å². The molecule has 0 atom stereocenters. The van der Waals surface area contributed by atoms with E-state index in [1.807, 2.05) is 6.92 Å². The maximum atomic E-state index is 13.4. The number of hydrogen-bond acceptors (Lipinski definition) is 4. The molecular formula is C20H22F3N3O2. The SMILES string of the molecule is CCOc1ccccc1C(=O)NCCc1nc2c(c(C(F)(F)F)n1)CCCC2. The van der Waals surface area contributed by atoms with Gasteiger partial charge in [0.05, 0.1) is 12.2 Å². The Kier molecular flexibility index (Phi) is 6.16. The second-order valence-corrected chi connectivity index (χ2v) is 6.55. The number of aromatic nitrogens is 2. The third-order valence-corrected chi connectivity index (χ3v) is 4.56. The molecule has 5 nitrogen and oxygen atoms in total. The van der Waals surface area contributed by atoms with Crippen molar-refractivity contribution < 1.29 is 22.7 Å². The monoisotopic (exact) mass is 393 g/mol. The molecule has 0 fully saturated rings. The van der Waals surface area contributed by atoms with Crippen molar-refractivity contribution in [3.63, 3.8) is 0 Å². The molecule has 1 aliphatic rings. The molecule has 28 heavy (non-hydrogen) atoms. The minimum atomic E-state index is -4.50. The van der Waals surface area contributed by atoms with Gasteiger partial charge in [-0.1, -0.05) is 12.1 Å². The van der Waals surface area contributed by atoms with Gasteiger partial charge in [-0.25, -0.2) is 9.97 Å². The highest BCUT2D eigenvalue weighted by Crippen LogP contribution is 2.34. The van der Waals surface area contributed by atoms with Gasteiger partial charge in [0.2, 0.25) is 0 Å². The molecule has 0 aliphatic heterocycles. The first-order valence-electron chi connectivity index (χ1n) is 9.36. The fraction of sp³-hybridized carbons (Fsp3) is 0.450. The van der Waals surface area contributed by atoms with E-state index < -0.39 is 11.9 Å². The lowest BCUT2D eigenvalue weighted by Crippen LogP contribution is -2.27. The third kappa shape index (κ3) is 4.61. The number of ether oxygens (including phenoxy) is 1. The Morgan fingerprint density at radius 3 is 2.68 bits per heavy atom. The molecule has 0 saturated carbocycles. The van der Waals surface area contributed by atoms with Gasteiger partial charge in [-0.05, 0) is 44.7 Å². The molecule has 0 bridgehead atoms. The van der Waals surface area contributed by atoms with Crippen molar-refractivity contribution in [1.82, 2.24) is 15.3 Å². The molecule has 1 aliphatic carbocycles. The smallest absolute Gasteiger partial charge is 0.433 e. The van der Waals surface area contributed by atoms with E-state index in [1.54, 1.807) is 24.3 Å². The molecule has 8 heteroatoms. The zero-order chi connectivity index (χ0) is 20.1. The van der Waals surface area contributed by atoms with E-state index in [1.165, 1.54) is 0 Å². The fourth-order valence-electron chi connectivity index (χ4n) is 3.31. The van der Waals surface area contributed by atoms with Crippen molar-refractivity contribution in [3.05, 3.63) is 52.6 Å². The second-order valence-electron chi connectivity index (χ2n) is 6.55. The molecule has 150 valence electrons. The van der Waals surface area contributed by atoms with E-state index in [2.05, 4.69) is 15.3 Å². The van der Waals surface area contributed by atoms with Crippen LogP contribution in [0.1, 0.15) is 52.9 Å². The maximum absolute atomic E-state index is 13.4. The average Bonchev–Trinajstić information content (AvgIpc) is 2.67. The quantitative estimate of drug-likeness (QED) is 0.812. The van der Waals surface area contributed by atoms with Gasteiger partial charge in [-0.3, -0.25) is 4.79 Å². The summed E-state index contributed by atoms with van der Waals surface area (Å²) < 4.78 is 45.5. The molecule has 1 aromatic carbocycles. The van der Waals surface area contributed by atoms with Crippen LogP contribution in [0.15, 0.2) is 24.3 Å². The van der Waals surface area contributed by atoms with E-state index in [0.717, 1.165) is 6.42 Å². The highest BCUT2D eigenvalue weighted by Gasteiger charge is 2.37. The summed E-state index contributed by atoms with van der Waals surface area (Å²) in [5, 5.41) is 2.70. The molecule has 0 unspecified atom stereocenters. The van der Waals surface area contributed by atoms with E-state index in [9.17, 15) is 18.0 Å². The van der Waals surface area contributed by atoms with E-state index >= 15 is 0 Å². The van der Waals surface area contributed by atoms with Gasteiger partial charge in [-0.2, -0.15) is 13.2 Å². The summed E-state index contributed by atoms with van der Waals surface area (Å²) in [6, 6.07) is 6.82.